The van der Waals surface area contributed by atoms with Crippen LogP contribution in [-0.4, -0.2) is 14.9 Å². The summed E-state index contributed by atoms with van der Waals surface area (Å²) >= 11 is 6.12. The zero-order valence-corrected chi connectivity index (χ0v) is 11.8. The number of ether oxygens (including phenoxy) is 1. The second-order valence-electron chi connectivity index (χ2n) is 4.36. The highest BCUT2D eigenvalue weighted by atomic mass is 35.5. The van der Waals surface area contributed by atoms with Crippen molar-refractivity contribution in [1.29, 1.82) is 0 Å². The van der Waals surface area contributed by atoms with Gasteiger partial charge in [0.1, 0.15) is 12.4 Å². The number of aliphatic hydroxyl groups is 1. The van der Waals surface area contributed by atoms with E-state index >= 15 is 0 Å². The Hall–Kier alpha value is -1.52. The summed E-state index contributed by atoms with van der Waals surface area (Å²) in [5, 5.41) is 14.1. The summed E-state index contributed by atoms with van der Waals surface area (Å²) < 4.78 is 7.49. The van der Waals surface area contributed by atoms with Gasteiger partial charge in [-0.05, 0) is 31.5 Å². The Morgan fingerprint density at radius 3 is 2.84 bits per heavy atom. The maximum atomic E-state index is 9.47. The Balaban J connectivity index is 2.03. The molecule has 0 bridgehead atoms. The van der Waals surface area contributed by atoms with Crippen molar-refractivity contribution in [3.05, 3.63) is 46.7 Å². The summed E-state index contributed by atoms with van der Waals surface area (Å²) in [7, 11) is 0. The van der Waals surface area contributed by atoms with Crippen LogP contribution in [0.1, 0.15) is 31.1 Å². The number of nitrogens with zero attached hydrogens (tertiary/aromatic N) is 2. The zero-order valence-electron chi connectivity index (χ0n) is 11.0. The molecule has 5 heteroatoms. The lowest BCUT2D eigenvalue weighted by Gasteiger charge is -2.10. The maximum absolute atomic E-state index is 9.47. The van der Waals surface area contributed by atoms with E-state index in [1.54, 1.807) is 31.3 Å². The molecule has 0 spiro atoms. The number of hydrogen-bond donors (Lipinski definition) is 1. The molecule has 0 aliphatic heterocycles. The van der Waals surface area contributed by atoms with Crippen LogP contribution < -0.4 is 4.74 Å². The van der Waals surface area contributed by atoms with Crippen LogP contribution in [-0.2, 0) is 13.2 Å². The van der Waals surface area contributed by atoms with Gasteiger partial charge in [-0.1, -0.05) is 17.7 Å². The highest BCUT2D eigenvalue weighted by Crippen LogP contribution is 2.28. The molecular weight excluding hydrogens is 264 g/mol. The molecule has 0 saturated heterocycles. The number of rotatable bonds is 5. The van der Waals surface area contributed by atoms with E-state index in [1.807, 2.05) is 17.8 Å². The standard InChI is InChI=1S/C14H17ClN2O2/c1-3-17-8-11(7-16-17)9-19-14-5-4-12(10(2)18)6-13(14)15/h4-8,10,18H,3,9H2,1-2H3. The lowest BCUT2D eigenvalue weighted by atomic mass is 10.1. The van der Waals surface area contributed by atoms with Crippen molar-refractivity contribution in [1.82, 2.24) is 9.78 Å². The fraction of sp³-hybridized carbons (Fsp3) is 0.357. The van der Waals surface area contributed by atoms with Gasteiger partial charge in [-0.25, -0.2) is 0 Å². The normalized spacial score (nSPS) is 12.4. The van der Waals surface area contributed by atoms with Gasteiger partial charge in [-0.2, -0.15) is 5.10 Å². The van der Waals surface area contributed by atoms with Crippen molar-refractivity contribution in [3.8, 4) is 5.75 Å². The Kier molecular flexibility index (Phi) is 4.45. The van der Waals surface area contributed by atoms with Crippen molar-refractivity contribution in [3.63, 3.8) is 0 Å². The van der Waals surface area contributed by atoms with Gasteiger partial charge >= 0.3 is 0 Å². The summed E-state index contributed by atoms with van der Waals surface area (Å²) in [6, 6.07) is 5.30. The second-order valence-corrected chi connectivity index (χ2v) is 4.77. The van der Waals surface area contributed by atoms with Gasteiger partial charge < -0.3 is 9.84 Å². The lowest BCUT2D eigenvalue weighted by molar-refractivity contribution is 0.199. The first kappa shape index (κ1) is 13.9. The fourth-order valence-electron chi connectivity index (χ4n) is 1.71. The molecule has 4 nitrogen and oxygen atoms in total. The van der Waals surface area contributed by atoms with E-state index in [-0.39, 0.29) is 0 Å². The van der Waals surface area contributed by atoms with Crippen molar-refractivity contribution in [2.24, 2.45) is 0 Å². The first-order valence-corrected chi connectivity index (χ1v) is 6.59. The lowest BCUT2D eigenvalue weighted by Crippen LogP contribution is -1.97. The maximum Gasteiger partial charge on any atom is 0.138 e. The van der Waals surface area contributed by atoms with E-state index in [4.69, 9.17) is 16.3 Å². The molecule has 1 atom stereocenters. The number of halogens is 1. The van der Waals surface area contributed by atoms with E-state index in [2.05, 4.69) is 5.10 Å². The van der Waals surface area contributed by atoms with Crippen LogP contribution in [0.5, 0.6) is 5.75 Å². The molecule has 102 valence electrons. The molecule has 1 unspecified atom stereocenters. The molecule has 1 heterocycles. The van der Waals surface area contributed by atoms with E-state index in [1.165, 1.54) is 0 Å². The first-order chi connectivity index (χ1) is 9.10. The largest absolute Gasteiger partial charge is 0.487 e. The summed E-state index contributed by atoms with van der Waals surface area (Å²) in [6.45, 7) is 4.99. The quantitative estimate of drug-likeness (QED) is 0.915. The van der Waals surface area contributed by atoms with Gasteiger partial charge in [-0.3, -0.25) is 4.68 Å². The predicted octanol–water partition coefficient (Wildman–Crippen LogP) is 3.19. The van der Waals surface area contributed by atoms with Gasteiger partial charge in [0.2, 0.25) is 0 Å². The minimum Gasteiger partial charge on any atom is -0.487 e. The summed E-state index contributed by atoms with van der Waals surface area (Å²) in [6.07, 6.45) is 3.19. The molecule has 0 radical (unpaired) electrons. The number of hydrogen-bond acceptors (Lipinski definition) is 3. The van der Waals surface area contributed by atoms with Crippen LogP contribution >= 0.6 is 11.6 Å². The second kappa shape index (κ2) is 6.08. The molecule has 2 rings (SSSR count). The SMILES string of the molecule is CCn1cc(COc2ccc(C(C)O)cc2Cl)cn1. The number of aryl methyl sites for hydroxylation is 1. The molecule has 1 aromatic carbocycles. The topological polar surface area (TPSA) is 47.3 Å². The van der Waals surface area contributed by atoms with Crippen molar-refractivity contribution < 1.29 is 9.84 Å². The minimum atomic E-state index is -0.533. The molecule has 0 fully saturated rings. The van der Waals surface area contributed by atoms with E-state index in [9.17, 15) is 5.11 Å². The Morgan fingerprint density at radius 2 is 2.26 bits per heavy atom. The smallest absolute Gasteiger partial charge is 0.138 e. The summed E-state index contributed by atoms with van der Waals surface area (Å²) in [5.74, 6) is 0.607. The van der Waals surface area contributed by atoms with Gasteiger partial charge in [0.15, 0.2) is 0 Å². The van der Waals surface area contributed by atoms with Crippen LogP contribution in [0.2, 0.25) is 5.02 Å². The van der Waals surface area contributed by atoms with Crippen LogP contribution in [0.4, 0.5) is 0 Å². The highest BCUT2D eigenvalue weighted by molar-refractivity contribution is 6.32. The van der Waals surface area contributed by atoms with Crippen LogP contribution in [0, 0.1) is 0 Å². The molecule has 2 aromatic rings. The highest BCUT2D eigenvalue weighted by Gasteiger charge is 2.07. The van der Waals surface area contributed by atoms with Crippen LogP contribution in [0.3, 0.4) is 0 Å². The molecule has 0 aliphatic carbocycles. The average Bonchev–Trinajstić information content (AvgIpc) is 2.85. The third-order valence-electron chi connectivity index (χ3n) is 2.84. The Labute approximate surface area is 117 Å². The first-order valence-electron chi connectivity index (χ1n) is 6.21. The molecule has 0 saturated carbocycles. The van der Waals surface area contributed by atoms with Gasteiger partial charge in [0.05, 0.1) is 17.3 Å². The van der Waals surface area contributed by atoms with Crippen molar-refractivity contribution >= 4 is 11.6 Å². The zero-order chi connectivity index (χ0) is 13.8. The van der Waals surface area contributed by atoms with E-state index < -0.39 is 6.10 Å². The third-order valence-corrected chi connectivity index (χ3v) is 3.14. The molecule has 19 heavy (non-hydrogen) atoms. The van der Waals surface area contributed by atoms with Gasteiger partial charge in [0.25, 0.3) is 0 Å². The average molecular weight is 281 g/mol. The molecule has 0 aliphatic rings. The van der Waals surface area contributed by atoms with E-state index in [0.717, 1.165) is 17.7 Å². The molecule has 1 aromatic heterocycles. The van der Waals surface area contributed by atoms with E-state index in [0.29, 0.717) is 17.4 Å². The number of benzene rings is 1. The third kappa shape index (κ3) is 3.49. The van der Waals surface area contributed by atoms with Crippen molar-refractivity contribution in [2.75, 3.05) is 0 Å². The van der Waals surface area contributed by atoms with Crippen molar-refractivity contribution in [2.45, 2.75) is 33.1 Å². The number of aromatic nitrogens is 2. The monoisotopic (exact) mass is 280 g/mol. The Morgan fingerprint density at radius 1 is 1.47 bits per heavy atom. The fourth-order valence-corrected chi connectivity index (χ4v) is 1.95. The number of aliphatic hydroxyl groups excluding tert-OH is 1. The molecule has 1 N–H and O–H groups in total. The summed E-state index contributed by atoms with van der Waals surface area (Å²) in [5.41, 5.74) is 1.77. The predicted molar refractivity (Wildman–Crippen MR) is 74.3 cm³/mol. The summed E-state index contributed by atoms with van der Waals surface area (Å²) in [4.78, 5) is 0. The van der Waals surface area contributed by atoms with Crippen LogP contribution in [0.15, 0.2) is 30.6 Å². The van der Waals surface area contributed by atoms with Gasteiger partial charge in [0, 0.05) is 18.3 Å². The van der Waals surface area contributed by atoms with Gasteiger partial charge in [-0.15, -0.1) is 0 Å². The molecular formula is C14H17ClN2O2. The Bertz CT molecular complexity index is 552. The minimum absolute atomic E-state index is 0.424. The molecule has 0 amide bonds. The van der Waals surface area contributed by atoms with Crippen LogP contribution in [0.25, 0.3) is 0 Å².